The Morgan fingerprint density at radius 1 is 1.24 bits per heavy atom. The Balaban J connectivity index is 2.92. The van der Waals surface area contributed by atoms with Crippen LogP contribution in [0.1, 0.15) is 26.7 Å². The van der Waals surface area contributed by atoms with Gasteiger partial charge in [-0.1, -0.05) is 13.8 Å². The second-order valence-corrected chi connectivity index (χ2v) is 3.43. The molecule has 0 saturated heterocycles. The van der Waals surface area contributed by atoms with Gasteiger partial charge in [0.1, 0.15) is 0 Å². The fourth-order valence-corrected chi connectivity index (χ4v) is 1.06. The van der Waals surface area contributed by atoms with Gasteiger partial charge in [-0.3, -0.25) is 0 Å². The average molecular weight is 242 g/mol. The van der Waals surface area contributed by atoms with Crippen LogP contribution in [0.5, 0.6) is 11.8 Å². The SMILES string of the molecule is CCCOc1nc(N)nc(OC(O)CC)c1N. The van der Waals surface area contributed by atoms with Crippen LogP contribution < -0.4 is 20.9 Å². The summed E-state index contributed by atoms with van der Waals surface area (Å²) in [4.78, 5) is 7.67. The standard InChI is InChI=1S/C10H18N4O3/c1-3-5-16-8-7(11)9(14-10(12)13-8)17-6(15)4-2/h6,15H,3-5,11H2,1-2H3,(H2,12,13,14). The molecule has 96 valence electrons. The molecule has 0 aliphatic rings. The summed E-state index contributed by atoms with van der Waals surface area (Å²) in [5.41, 5.74) is 11.4. The maximum Gasteiger partial charge on any atom is 0.248 e. The molecule has 1 aromatic heterocycles. The molecule has 0 saturated carbocycles. The van der Waals surface area contributed by atoms with Crippen molar-refractivity contribution < 1.29 is 14.6 Å². The zero-order valence-corrected chi connectivity index (χ0v) is 10.0. The first-order chi connectivity index (χ1) is 8.08. The second kappa shape index (κ2) is 6.09. The molecule has 0 aromatic carbocycles. The number of nitrogens with two attached hydrogens (primary N) is 2. The highest BCUT2D eigenvalue weighted by atomic mass is 16.6. The van der Waals surface area contributed by atoms with Crippen molar-refractivity contribution in [3.8, 4) is 11.8 Å². The quantitative estimate of drug-likeness (QED) is 0.623. The summed E-state index contributed by atoms with van der Waals surface area (Å²) in [5, 5.41) is 9.37. The zero-order chi connectivity index (χ0) is 12.8. The minimum atomic E-state index is -0.981. The lowest BCUT2D eigenvalue weighted by Crippen LogP contribution is -2.17. The van der Waals surface area contributed by atoms with Crippen molar-refractivity contribution in [2.75, 3.05) is 18.1 Å². The van der Waals surface area contributed by atoms with Gasteiger partial charge in [0.25, 0.3) is 0 Å². The molecule has 7 heteroatoms. The summed E-state index contributed by atoms with van der Waals surface area (Å²) in [6, 6.07) is 0. The predicted molar refractivity (Wildman–Crippen MR) is 63.6 cm³/mol. The van der Waals surface area contributed by atoms with Gasteiger partial charge in [0.05, 0.1) is 6.61 Å². The van der Waals surface area contributed by atoms with Gasteiger partial charge in [-0.2, -0.15) is 9.97 Å². The van der Waals surface area contributed by atoms with Crippen LogP contribution >= 0.6 is 0 Å². The molecule has 0 amide bonds. The van der Waals surface area contributed by atoms with Crippen LogP contribution in [0, 0.1) is 0 Å². The number of anilines is 2. The molecule has 1 aromatic rings. The molecule has 0 aliphatic heterocycles. The van der Waals surface area contributed by atoms with E-state index in [1.807, 2.05) is 6.92 Å². The van der Waals surface area contributed by atoms with Gasteiger partial charge in [-0.25, -0.2) is 0 Å². The fourth-order valence-electron chi connectivity index (χ4n) is 1.06. The number of aromatic nitrogens is 2. The Morgan fingerprint density at radius 3 is 2.47 bits per heavy atom. The van der Waals surface area contributed by atoms with Crippen LogP contribution in [0.15, 0.2) is 0 Å². The molecule has 0 spiro atoms. The summed E-state index contributed by atoms with van der Waals surface area (Å²) < 4.78 is 10.4. The fraction of sp³-hybridized carbons (Fsp3) is 0.600. The van der Waals surface area contributed by atoms with Crippen molar-refractivity contribution >= 4 is 11.6 Å². The number of rotatable bonds is 6. The first-order valence-electron chi connectivity index (χ1n) is 5.49. The van der Waals surface area contributed by atoms with E-state index < -0.39 is 6.29 Å². The van der Waals surface area contributed by atoms with Crippen LogP contribution in [0.2, 0.25) is 0 Å². The summed E-state index contributed by atoms with van der Waals surface area (Å²) >= 11 is 0. The van der Waals surface area contributed by atoms with Gasteiger partial charge in [0.15, 0.2) is 12.0 Å². The molecule has 0 fully saturated rings. The van der Waals surface area contributed by atoms with E-state index in [-0.39, 0.29) is 23.4 Å². The zero-order valence-electron chi connectivity index (χ0n) is 10.0. The first-order valence-corrected chi connectivity index (χ1v) is 5.49. The lowest BCUT2D eigenvalue weighted by atomic mass is 10.4. The Morgan fingerprint density at radius 2 is 1.88 bits per heavy atom. The highest BCUT2D eigenvalue weighted by molar-refractivity contribution is 5.58. The monoisotopic (exact) mass is 242 g/mol. The molecule has 5 N–H and O–H groups in total. The minimum absolute atomic E-state index is 0.0105. The maximum absolute atomic E-state index is 9.37. The lowest BCUT2D eigenvalue weighted by Gasteiger charge is -2.14. The van der Waals surface area contributed by atoms with Crippen molar-refractivity contribution in [3.63, 3.8) is 0 Å². The van der Waals surface area contributed by atoms with Crippen LogP contribution in [0.3, 0.4) is 0 Å². The Labute approximate surface area is 99.8 Å². The van der Waals surface area contributed by atoms with E-state index in [9.17, 15) is 5.11 Å². The largest absolute Gasteiger partial charge is 0.476 e. The first kappa shape index (κ1) is 13.3. The molecule has 1 heterocycles. The smallest absolute Gasteiger partial charge is 0.248 e. The third kappa shape index (κ3) is 3.63. The molecule has 0 radical (unpaired) electrons. The van der Waals surface area contributed by atoms with E-state index in [4.69, 9.17) is 20.9 Å². The topological polar surface area (TPSA) is 117 Å². The lowest BCUT2D eigenvalue weighted by molar-refractivity contribution is -0.0218. The second-order valence-electron chi connectivity index (χ2n) is 3.43. The van der Waals surface area contributed by atoms with Gasteiger partial charge in [0.2, 0.25) is 17.7 Å². The molecular formula is C10H18N4O3. The van der Waals surface area contributed by atoms with Gasteiger partial charge in [-0.05, 0) is 6.42 Å². The van der Waals surface area contributed by atoms with Crippen molar-refractivity contribution in [1.29, 1.82) is 0 Å². The van der Waals surface area contributed by atoms with E-state index in [1.54, 1.807) is 6.92 Å². The van der Waals surface area contributed by atoms with E-state index in [2.05, 4.69) is 9.97 Å². The van der Waals surface area contributed by atoms with Crippen LogP contribution in [0.4, 0.5) is 11.6 Å². The van der Waals surface area contributed by atoms with Crippen molar-refractivity contribution in [2.45, 2.75) is 33.0 Å². The van der Waals surface area contributed by atoms with Crippen molar-refractivity contribution in [2.24, 2.45) is 0 Å². The summed E-state index contributed by atoms with van der Waals surface area (Å²) in [6.45, 7) is 4.19. The molecule has 1 rings (SSSR count). The van der Waals surface area contributed by atoms with E-state index in [1.165, 1.54) is 0 Å². The third-order valence-corrected chi connectivity index (χ3v) is 1.93. The van der Waals surface area contributed by atoms with Crippen LogP contribution in [0.25, 0.3) is 0 Å². The molecular weight excluding hydrogens is 224 g/mol. The van der Waals surface area contributed by atoms with Crippen molar-refractivity contribution in [1.82, 2.24) is 9.97 Å². The van der Waals surface area contributed by atoms with Crippen molar-refractivity contribution in [3.05, 3.63) is 0 Å². The maximum atomic E-state index is 9.37. The van der Waals surface area contributed by atoms with Crippen LogP contribution in [-0.2, 0) is 0 Å². The predicted octanol–water partition coefficient (Wildman–Crippen LogP) is 0.537. The average Bonchev–Trinajstić information content (AvgIpc) is 2.31. The Bertz CT molecular complexity index is 373. The summed E-state index contributed by atoms with van der Waals surface area (Å²) in [7, 11) is 0. The Hall–Kier alpha value is -1.76. The minimum Gasteiger partial charge on any atom is -0.476 e. The van der Waals surface area contributed by atoms with Gasteiger partial charge >= 0.3 is 0 Å². The molecule has 0 bridgehead atoms. The van der Waals surface area contributed by atoms with Gasteiger partial charge < -0.3 is 26.0 Å². The normalized spacial score (nSPS) is 12.2. The number of nitrogen functional groups attached to an aromatic ring is 2. The highest BCUT2D eigenvalue weighted by Crippen LogP contribution is 2.29. The summed E-state index contributed by atoms with van der Waals surface area (Å²) in [6.07, 6.45) is 0.247. The van der Waals surface area contributed by atoms with Gasteiger partial charge in [0, 0.05) is 6.42 Å². The molecule has 7 nitrogen and oxygen atoms in total. The Kier molecular flexibility index (Phi) is 4.77. The number of ether oxygens (including phenoxy) is 2. The van der Waals surface area contributed by atoms with Gasteiger partial charge in [-0.15, -0.1) is 0 Å². The summed E-state index contributed by atoms with van der Waals surface area (Å²) in [5.74, 6) is 0.208. The number of hydrogen-bond acceptors (Lipinski definition) is 7. The molecule has 1 atom stereocenters. The number of aliphatic hydroxyl groups is 1. The third-order valence-electron chi connectivity index (χ3n) is 1.93. The van der Waals surface area contributed by atoms with Crippen LogP contribution in [-0.4, -0.2) is 28.0 Å². The molecule has 17 heavy (non-hydrogen) atoms. The molecule has 0 aliphatic carbocycles. The van der Waals surface area contributed by atoms with E-state index >= 15 is 0 Å². The number of aliphatic hydroxyl groups excluding tert-OH is 1. The van der Waals surface area contributed by atoms with E-state index in [0.717, 1.165) is 6.42 Å². The van der Waals surface area contributed by atoms with E-state index in [0.29, 0.717) is 13.0 Å². The number of nitrogens with zero attached hydrogens (tertiary/aromatic N) is 2. The number of hydrogen-bond donors (Lipinski definition) is 3. The molecule has 1 unspecified atom stereocenters. The highest BCUT2D eigenvalue weighted by Gasteiger charge is 2.15.